The quantitative estimate of drug-likeness (QED) is 0.565. The number of ether oxygens (including phenoxy) is 1. The highest BCUT2D eigenvalue weighted by Gasteiger charge is 2.35. The zero-order chi connectivity index (χ0) is 24.6. The van der Waals surface area contributed by atoms with Crippen LogP contribution >= 0.6 is 0 Å². The predicted octanol–water partition coefficient (Wildman–Crippen LogP) is 3.41. The molecule has 2 atom stereocenters. The molecule has 0 saturated carbocycles. The monoisotopic (exact) mass is 455 g/mol. The Balaban J connectivity index is 2.34. The number of hydrogen-bond donors (Lipinski definition) is 3. The van der Waals surface area contributed by atoms with Gasteiger partial charge in [-0.15, -0.1) is 0 Å². The van der Waals surface area contributed by atoms with Crippen LogP contribution in [0.3, 0.4) is 0 Å². The second-order valence-electron chi connectivity index (χ2n) is 8.62. The largest absolute Gasteiger partial charge is 0.444 e. The van der Waals surface area contributed by atoms with Crippen molar-refractivity contribution >= 4 is 23.6 Å². The molecule has 0 fully saturated rings. The maximum absolute atomic E-state index is 13.4. The van der Waals surface area contributed by atoms with E-state index in [9.17, 15) is 19.5 Å². The normalized spacial score (nSPS) is 12.9. The van der Waals surface area contributed by atoms with Crippen molar-refractivity contribution in [3.05, 3.63) is 65.7 Å². The van der Waals surface area contributed by atoms with Crippen molar-refractivity contribution in [2.75, 3.05) is 18.5 Å². The molecular formula is C25H33N3O5. The molecule has 0 aliphatic carbocycles. The second kappa shape index (κ2) is 11.5. The van der Waals surface area contributed by atoms with Gasteiger partial charge in [0.2, 0.25) is 5.91 Å². The molecule has 33 heavy (non-hydrogen) atoms. The summed E-state index contributed by atoms with van der Waals surface area (Å²) < 4.78 is 5.21. The number of carbonyl (C=O) groups excluding carboxylic acids is 3. The number of benzene rings is 2. The molecule has 0 heterocycles. The van der Waals surface area contributed by atoms with E-state index in [1.54, 1.807) is 58.0 Å². The molecule has 2 aromatic carbocycles. The van der Waals surface area contributed by atoms with E-state index >= 15 is 0 Å². The number of carbonyl (C=O) groups is 3. The molecule has 0 bridgehead atoms. The number of alkyl carbamates (subject to hydrolysis) is 1. The Morgan fingerprint density at radius 1 is 1.03 bits per heavy atom. The Hall–Kier alpha value is -3.39. The number of rotatable bonds is 8. The standard InChI is InChI=1S/C25H33N3O5/c1-6-28(23(31)20(16-29)27-24(32)33-25(3,4)5)21(18-13-8-7-9-14-18)22(30)26-19-15-11-10-12-17(19)2/h7-15,20-21,29H,6,16H2,1-5H3,(H,26,30)(H,27,32). The number of aliphatic hydroxyl groups excluding tert-OH is 1. The van der Waals surface area contributed by atoms with E-state index in [1.165, 1.54) is 4.90 Å². The Bertz CT molecular complexity index is 956. The van der Waals surface area contributed by atoms with E-state index in [0.29, 0.717) is 11.3 Å². The number of hydrogen-bond acceptors (Lipinski definition) is 5. The molecule has 2 unspecified atom stereocenters. The molecule has 0 saturated heterocycles. The summed E-state index contributed by atoms with van der Waals surface area (Å²) >= 11 is 0. The second-order valence-corrected chi connectivity index (χ2v) is 8.62. The van der Waals surface area contributed by atoms with E-state index in [2.05, 4.69) is 10.6 Å². The van der Waals surface area contributed by atoms with Crippen molar-refractivity contribution in [1.29, 1.82) is 0 Å². The topological polar surface area (TPSA) is 108 Å². The van der Waals surface area contributed by atoms with Crippen molar-refractivity contribution in [1.82, 2.24) is 10.2 Å². The highest BCUT2D eigenvalue weighted by molar-refractivity contribution is 5.99. The Morgan fingerprint density at radius 2 is 1.64 bits per heavy atom. The van der Waals surface area contributed by atoms with Gasteiger partial charge in [-0.3, -0.25) is 9.59 Å². The summed E-state index contributed by atoms with van der Waals surface area (Å²) in [6.07, 6.45) is -0.827. The summed E-state index contributed by atoms with van der Waals surface area (Å²) in [4.78, 5) is 40.3. The minimum atomic E-state index is -1.27. The molecule has 8 heteroatoms. The van der Waals surface area contributed by atoms with Crippen LogP contribution in [0.15, 0.2) is 54.6 Å². The minimum Gasteiger partial charge on any atom is -0.444 e. The van der Waals surface area contributed by atoms with Crippen molar-refractivity contribution in [2.24, 2.45) is 0 Å². The number of amides is 3. The number of aliphatic hydroxyl groups is 1. The maximum atomic E-state index is 13.4. The molecule has 3 amide bonds. The zero-order valence-corrected chi connectivity index (χ0v) is 19.8. The molecular weight excluding hydrogens is 422 g/mol. The average molecular weight is 456 g/mol. The fourth-order valence-electron chi connectivity index (χ4n) is 3.32. The van der Waals surface area contributed by atoms with Gasteiger partial charge in [0.25, 0.3) is 5.91 Å². The Kier molecular flexibility index (Phi) is 8.99. The van der Waals surface area contributed by atoms with E-state index < -0.39 is 42.2 Å². The summed E-state index contributed by atoms with van der Waals surface area (Å²) in [5.41, 5.74) is 1.36. The lowest BCUT2D eigenvalue weighted by atomic mass is 10.0. The molecule has 0 aliphatic heterocycles. The SMILES string of the molecule is CCN(C(=O)C(CO)NC(=O)OC(C)(C)C)C(C(=O)Nc1ccccc1C)c1ccccc1. The van der Waals surface area contributed by atoms with E-state index in [0.717, 1.165) is 5.56 Å². The van der Waals surface area contributed by atoms with Gasteiger partial charge in [-0.2, -0.15) is 0 Å². The third-order valence-electron chi connectivity index (χ3n) is 4.87. The van der Waals surface area contributed by atoms with Crippen LogP contribution in [0.25, 0.3) is 0 Å². The van der Waals surface area contributed by atoms with E-state index in [4.69, 9.17) is 4.74 Å². The number of anilines is 1. The molecule has 2 aromatic rings. The Labute approximate surface area is 194 Å². The molecule has 8 nitrogen and oxygen atoms in total. The molecule has 2 rings (SSSR count). The van der Waals surface area contributed by atoms with Crippen LogP contribution in [0.1, 0.15) is 44.9 Å². The average Bonchev–Trinajstić information content (AvgIpc) is 2.76. The molecule has 3 N–H and O–H groups in total. The fourth-order valence-corrected chi connectivity index (χ4v) is 3.32. The fraction of sp³-hybridized carbons (Fsp3) is 0.400. The Morgan fingerprint density at radius 3 is 2.18 bits per heavy atom. The first kappa shape index (κ1) is 25.9. The van der Waals surface area contributed by atoms with Crippen LogP contribution in [0, 0.1) is 6.92 Å². The van der Waals surface area contributed by atoms with E-state index in [1.807, 2.05) is 31.2 Å². The third-order valence-corrected chi connectivity index (χ3v) is 4.87. The van der Waals surface area contributed by atoms with Gasteiger partial charge in [0.05, 0.1) is 6.61 Å². The number of aryl methyl sites for hydroxylation is 1. The molecule has 178 valence electrons. The summed E-state index contributed by atoms with van der Waals surface area (Å²) in [5, 5.41) is 15.1. The first-order valence-electron chi connectivity index (χ1n) is 10.9. The first-order valence-corrected chi connectivity index (χ1v) is 10.9. The van der Waals surface area contributed by atoms with Crippen LogP contribution < -0.4 is 10.6 Å². The number of nitrogens with zero attached hydrogens (tertiary/aromatic N) is 1. The highest BCUT2D eigenvalue weighted by atomic mass is 16.6. The summed E-state index contributed by atoms with van der Waals surface area (Å²) in [6, 6.07) is 14.0. The minimum absolute atomic E-state index is 0.173. The zero-order valence-electron chi connectivity index (χ0n) is 19.8. The first-order chi connectivity index (χ1) is 15.6. The molecule has 0 aromatic heterocycles. The van der Waals surface area contributed by atoms with Gasteiger partial charge in [0.15, 0.2) is 0 Å². The van der Waals surface area contributed by atoms with Crippen LogP contribution in [0.5, 0.6) is 0 Å². The van der Waals surface area contributed by atoms with Gasteiger partial charge in [0, 0.05) is 12.2 Å². The van der Waals surface area contributed by atoms with Crippen LogP contribution in [0.4, 0.5) is 10.5 Å². The van der Waals surface area contributed by atoms with Gasteiger partial charge in [0.1, 0.15) is 17.7 Å². The van der Waals surface area contributed by atoms with Gasteiger partial charge >= 0.3 is 6.09 Å². The lowest BCUT2D eigenvalue weighted by Crippen LogP contribution is -2.53. The third kappa shape index (κ3) is 7.32. The molecule has 0 radical (unpaired) electrons. The summed E-state index contributed by atoms with van der Waals surface area (Å²) in [7, 11) is 0. The van der Waals surface area contributed by atoms with Crippen molar-refractivity contribution in [3.8, 4) is 0 Å². The maximum Gasteiger partial charge on any atom is 0.408 e. The van der Waals surface area contributed by atoms with Crippen molar-refractivity contribution in [3.63, 3.8) is 0 Å². The molecule has 0 aliphatic rings. The summed E-state index contributed by atoms with van der Waals surface area (Å²) in [5.74, 6) is -1.00. The van der Waals surface area contributed by atoms with Gasteiger partial charge in [-0.05, 0) is 51.8 Å². The van der Waals surface area contributed by atoms with Crippen LogP contribution in [0.2, 0.25) is 0 Å². The number of nitrogens with one attached hydrogen (secondary N) is 2. The van der Waals surface area contributed by atoms with Crippen molar-refractivity contribution in [2.45, 2.75) is 52.3 Å². The lowest BCUT2D eigenvalue weighted by Gasteiger charge is -2.33. The van der Waals surface area contributed by atoms with Gasteiger partial charge < -0.3 is 25.4 Å². The van der Waals surface area contributed by atoms with Crippen molar-refractivity contribution < 1.29 is 24.2 Å². The van der Waals surface area contributed by atoms with Gasteiger partial charge in [-0.25, -0.2) is 4.79 Å². The number of likely N-dealkylation sites (N-methyl/N-ethyl adjacent to an activating group) is 1. The lowest BCUT2D eigenvalue weighted by molar-refractivity contribution is -0.141. The van der Waals surface area contributed by atoms with Gasteiger partial charge in [-0.1, -0.05) is 48.5 Å². The van der Waals surface area contributed by atoms with Crippen LogP contribution in [-0.2, 0) is 14.3 Å². The van der Waals surface area contributed by atoms with E-state index in [-0.39, 0.29) is 6.54 Å². The highest BCUT2D eigenvalue weighted by Crippen LogP contribution is 2.25. The summed E-state index contributed by atoms with van der Waals surface area (Å²) in [6.45, 7) is 8.23. The number of para-hydroxylation sites is 1. The van der Waals surface area contributed by atoms with Crippen LogP contribution in [-0.4, -0.2) is 52.7 Å². The molecule has 0 spiro atoms. The predicted molar refractivity (Wildman–Crippen MR) is 127 cm³/mol. The smallest absolute Gasteiger partial charge is 0.408 e.